The van der Waals surface area contributed by atoms with Gasteiger partial charge in [-0.05, 0) is 11.6 Å². The average Bonchev–Trinajstić information content (AvgIpc) is 2.36. The Bertz CT molecular complexity index is 637. The van der Waals surface area contributed by atoms with Crippen molar-refractivity contribution in [3.8, 4) is 5.75 Å². The van der Waals surface area contributed by atoms with Crippen molar-refractivity contribution in [2.24, 2.45) is 0 Å². The Morgan fingerprint density at radius 2 is 2.20 bits per heavy atom. The molecular weight excluding hydrogens is 306 g/mol. The topological polar surface area (TPSA) is 81.6 Å². The van der Waals surface area contributed by atoms with Gasteiger partial charge in [-0.1, -0.05) is 0 Å². The molecule has 3 heterocycles. The third kappa shape index (κ3) is 2.68. The van der Waals surface area contributed by atoms with Gasteiger partial charge in [0.05, 0.1) is 25.0 Å². The molecule has 1 saturated heterocycles. The molecule has 0 spiro atoms. The Balaban J connectivity index is 2.05. The minimum absolute atomic E-state index is 0.0261. The zero-order valence-electron chi connectivity index (χ0n) is 10.9. The number of ether oxygens (including phenoxy) is 2. The molecule has 0 aromatic carbocycles. The maximum absolute atomic E-state index is 11.5. The van der Waals surface area contributed by atoms with E-state index in [2.05, 4.69) is 9.97 Å². The van der Waals surface area contributed by atoms with E-state index in [9.17, 15) is 8.42 Å². The number of hydrogen-bond acceptors (Lipinski definition) is 7. The molecule has 20 heavy (non-hydrogen) atoms. The van der Waals surface area contributed by atoms with Gasteiger partial charge in [0.2, 0.25) is 5.28 Å². The lowest BCUT2D eigenvalue weighted by Crippen LogP contribution is -2.51. The summed E-state index contributed by atoms with van der Waals surface area (Å²) in [7, 11) is -3.23. The van der Waals surface area contributed by atoms with Gasteiger partial charge in [0.15, 0.2) is 21.4 Å². The first-order chi connectivity index (χ1) is 9.44. The van der Waals surface area contributed by atoms with Crippen LogP contribution in [0.25, 0.3) is 0 Å². The van der Waals surface area contributed by atoms with Crippen molar-refractivity contribution >= 4 is 27.3 Å². The Morgan fingerprint density at radius 1 is 1.40 bits per heavy atom. The molecule has 1 atom stereocenters. The van der Waals surface area contributed by atoms with Crippen molar-refractivity contribution in [2.75, 3.05) is 37.5 Å². The number of aromatic nitrogens is 2. The summed E-state index contributed by atoms with van der Waals surface area (Å²) in [6.07, 6.45) is 1.15. The summed E-state index contributed by atoms with van der Waals surface area (Å²) in [5, 5.41) is 0.0261. The second-order valence-corrected chi connectivity index (χ2v) is 7.37. The van der Waals surface area contributed by atoms with E-state index in [0.717, 1.165) is 6.26 Å². The fourth-order valence-corrected chi connectivity index (χ4v) is 3.27. The van der Waals surface area contributed by atoms with E-state index >= 15 is 0 Å². The van der Waals surface area contributed by atoms with Crippen LogP contribution in [-0.2, 0) is 20.3 Å². The average molecular weight is 320 g/mol. The maximum Gasteiger partial charge on any atom is 0.224 e. The Labute approximate surface area is 121 Å². The van der Waals surface area contributed by atoms with Crippen LogP contribution in [0, 0.1) is 0 Å². The first-order valence-corrected chi connectivity index (χ1v) is 8.59. The Hall–Kier alpha value is -1.12. The molecule has 1 fully saturated rings. The van der Waals surface area contributed by atoms with Crippen molar-refractivity contribution in [3.63, 3.8) is 0 Å². The number of morpholine rings is 1. The summed E-state index contributed by atoms with van der Waals surface area (Å²) < 4.78 is 34.0. The summed E-state index contributed by atoms with van der Waals surface area (Å²) in [6, 6.07) is 0.0771. The van der Waals surface area contributed by atoms with E-state index in [1.807, 2.05) is 4.90 Å². The molecule has 9 heteroatoms. The minimum atomic E-state index is -3.23. The molecule has 3 rings (SSSR count). The van der Waals surface area contributed by atoms with Crippen LogP contribution in [0.1, 0.15) is 5.69 Å². The lowest BCUT2D eigenvalue weighted by Gasteiger charge is -2.40. The number of sulfone groups is 1. The van der Waals surface area contributed by atoms with E-state index < -0.39 is 9.84 Å². The van der Waals surface area contributed by atoms with Crippen molar-refractivity contribution in [3.05, 3.63) is 11.0 Å². The maximum atomic E-state index is 11.5. The molecule has 0 amide bonds. The van der Waals surface area contributed by atoms with Gasteiger partial charge in [0, 0.05) is 12.8 Å². The quantitative estimate of drug-likeness (QED) is 0.724. The minimum Gasteiger partial charge on any atom is -0.486 e. The Morgan fingerprint density at radius 3 is 2.95 bits per heavy atom. The largest absolute Gasteiger partial charge is 0.486 e. The molecule has 1 aromatic heterocycles. The molecule has 0 unspecified atom stereocenters. The van der Waals surface area contributed by atoms with Crippen LogP contribution in [0.2, 0.25) is 5.28 Å². The molecule has 0 bridgehead atoms. The fourth-order valence-electron chi connectivity index (χ4n) is 2.39. The second kappa shape index (κ2) is 5.01. The summed E-state index contributed by atoms with van der Waals surface area (Å²) in [5.74, 6) is 0.758. The number of fused-ring (bicyclic) bond motifs is 3. The van der Waals surface area contributed by atoms with Crippen molar-refractivity contribution in [2.45, 2.75) is 11.8 Å². The second-order valence-electron chi connectivity index (χ2n) is 4.90. The standard InChI is InChI=1S/C11H14ClN3O4S/c1-20(16,17)6-8-9-10(14-11(12)13-8)15-2-3-18-4-7(15)5-19-9/h7H,2-6H2,1H3/t7-/m0/s1. The zero-order chi connectivity index (χ0) is 14.3. The first-order valence-electron chi connectivity index (χ1n) is 6.15. The summed E-state index contributed by atoms with van der Waals surface area (Å²) in [6.45, 7) is 2.25. The highest BCUT2D eigenvalue weighted by atomic mass is 35.5. The Kier molecular flexibility index (Phi) is 3.47. The molecule has 0 radical (unpaired) electrons. The van der Waals surface area contributed by atoms with Gasteiger partial charge in [0.1, 0.15) is 12.3 Å². The third-order valence-electron chi connectivity index (χ3n) is 3.21. The third-order valence-corrected chi connectivity index (χ3v) is 4.18. The van der Waals surface area contributed by atoms with E-state index in [0.29, 0.717) is 43.6 Å². The van der Waals surface area contributed by atoms with Crippen molar-refractivity contribution in [1.82, 2.24) is 9.97 Å². The lowest BCUT2D eigenvalue weighted by atomic mass is 10.2. The molecule has 1 aromatic rings. The van der Waals surface area contributed by atoms with Crippen molar-refractivity contribution < 1.29 is 17.9 Å². The van der Waals surface area contributed by atoms with Gasteiger partial charge in [-0.15, -0.1) is 0 Å². The van der Waals surface area contributed by atoms with E-state index in [4.69, 9.17) is 21.1 Å². The zero-order valence-corrected chi connectivity index (χ0v) is 12.4. The van der Waals surface area contributed by atoms with Crippen LogP contribution in [0.15, 0.2) is 0 Å². The van der Waals surface area contributed by atoms with Crippen LogP contribution in [0.5, 0.6) is 5.75 Å². The van der Waals surface area contributed by atoms with Crippen LogP contribution < -0.4 is 9.64 Å². The van der Waals surface area contributed by atoms with E-state index in [-0.39, 0.29) is 17.1 Å². The van der Waals surface area contributed by atoms with Crippen LogP contribution in [0.4, 0.5) is 5.82 Å². The predicted octanol–water partition coefficient (Wildman–Crippen LogP) is 0.272. The molecule has 2 aliphatic heterocycles. The molecule has 7 nitrogen and oxygen atoms in total. The van der Waals surface area contributed by atoms with Crippen LogP contribution in [-0.4, -0.2) is 57.0 Å². The highest BCUT2D eigenvalue weighted by Gasteiger charge is 2.34. The highest BCUT2D eigenvalue weighted by Crippen LogP contribution is 2.36. The number of nitrogens with zero attached hydrogens (tertiary/aromatic N) is 3. The van der Waals surface area contributed by atoms with Gasteiger partial charge in [-0.3, -0.25) is 0 Å². The summed E-state index contributed by atoms with van der Waals surface area (Å²) in [4.78, 5) is 10.2. The summed E-state index contributed by atoms with van der Waals surface area (Å²) in [5.41, 5.74) is 0.312. The molecular formula is C11H14ClN3O4S. The molecule has 2 aliphatic rings. The lowest BCUT2D eigenvalue weighted by molar-refractivity contribution is 0.0693. The van der Waals surface area contributed by atoms with Crippen LogP contribution >= 0.6 is 11.6 Å². The molecule has 0 aliphatic carbocycles. The normalized spacial score (nSPS) is 21.9. The van der Waals surface area contributed by atoms with Gasteiger partial charge < -0.3 is 14.4 Å². The van der Waals surface area contributed by atoms with E-state index in [1.54, 1.807) is 0 Å². The molecule has 110 valence electrons. The number of anilines is 1. The van der Waals surface area contributed by atoms with Gasteiger partial charge in [-0.2, -0.15) is 4.98 Å². The number of hydrogen-bond donors (Lipinski definition) is 0. The predicted molar refractivity (Wildman–Crippen MR) is 73.0 cm³/mol. The van der Waals surface area contributed by atoms with Crippen LogP contribution in [0.3, 0.4) is 0 Å². The number of halogens is 1. The number of rotatable bonds is 2. The fraction of sp³-hybridized carbons (Fsp3) is 0.636. The molecule has 0 N–H and O–H groups in total. The SMILES string of the molecule is CS(=O)(=O)Cc1nc(Cl)nc2c1OC[C@@H]1COCCN21. The molecule has 0 saturated carbocycles. The highest BCUT2D eigenvalue weighted by molar-refractivity contribution is 7.89. The smallest absolute Gasteiger partial charge is 0.224 e. The van der Waals surface area contributed by atoms with Gasteiger partial charge in [-0.25, -0.2) is 13.4 Å². The van der Waals surface area contributed by atoms with E-state index in [1.165, 1.54) is 0 Å². The van der Waals surface area contributed by atoms with Gasteiger partial charge >= 0.3 is 0 Å². The first kappa shape index (κ1) is 13.8. The van der Waals surface area contributed by atoms with Gasteiger partial charge in [0.25, 0.3) is 0 Å². The van der Waals surface area contributed by atoms with Crippen molar-refractivity contribution in [1.29, 1.82) is 0 Å². The monoisotopic (exact) mass is 319 g/mol. The summed E-state index contributed by atoms with van der Waals surface area (Å²) >= 11 is 5.91.